The first kappa shape index (κ1) is 14.2. The molecule has 3 heteroatoms. The van der Waals surface area contributed by atoms with Gasteiger partial charge in [0.25, 0.3) is 0 Å². The average molecular weight is 240 g/mol. The summed E-state index contributed by atoms with van der Waals surface area (Å²) < 4.78 is 10.0. The molecule has 17 heavy (non-hydrogen) atoms. The lowest BCUT2D eigenvalue weighted by Crippen LogP contribution is -2.06. The van der Waals surface area contributed by atoms with Gasteiger partial charge in [0.15, 0.2) is 0 Å². The highest BCUT2D eigenvalue weighted by atomic mass is 16.6. The number of carbonyl (C=O) groups is 1. The third-order valence-electron chi connectivity index (χ3n) is 3.18. The highest BCUT2D eigenvalue weighted by Gasteiger charge is 2.39. The summed E-state index contributed by atoms with van der Waals surface area (Å²) in [6, 6.07) is 0. The number of rotatable bonds is 10. The molecule has 0 amide bonds. The summed E-state index contributed by atoms with van der Waals surface area (Å²) in [4.78, 5) is 11.0. The second-order valence-electron chi connectivity index (χ2n) is 4.63. The molecule has 0 spiro atoms. The van der Waals surface area contributed by atoms with Crippen molar-refractivity contribution in [2.75, 3.05) is 7.11 Å². The van der Waals surface area contributed by atoms with Crippen LogP contribution in [0.4, 0.5) is 0 Å². The fraction of sp³-hybridized carbons (Fsp3) is 0.786. The van der Waals surface area contributed by atoms with Crippen LogP contribution in [0.15, 0.2) is 12.7 Å². The Labute approximate surface area is 104 Å². The van der Waals surface area contributed by atoms with Crippen molar-refractivity contribution < 1.29 is 14.3 Å². The van der Waals surface area contributed by atoms with Gasteiger partial charge in [0, 0.05) is 0 Å². The van der Waals surface area contributed by atoms with Gasteiger partial charge < -0.3 is 9.47 Å². The Balaban J connectivity index is 1.85. The lowest BCUT2D eigenvalue weighted by atomic mass is 10.1. The Hall–Kier alpha value is -0.830. The molecule has 98 valence electrons. The summed E-state index contributed by atoms with van der Waals surface area (Å²) in [5.74, 6) is -0.165. The normalized spacial score (nSPS) is 22.2. The first-order chi connectivity index (χ1) is 8.27. The fourth-order valence-electron chi connectivity index (χ4n) is 2.02. The second kappa shape index (κ2) is 8.29. The summed E-state index contributed by atoms with van der Waals surface area (Å²) in [5, 5.41) is 0. The molecule has 0 radical (unpaired) electrons. The monoisotopic (exact) mass is 240 g/mol. The van der Waals surface area contributed by atoms with Crippen molar-refractivity contribution in [2.45, 2.75) is 63.6 Å². The minimum Gasteiger partial charge on any atom is -0.469 e. The van der Waals surface area contributed by atoms with E-state index >= 15 is 0 Å². The number of ether oxygens (including phenoxy) is 2. The van der Waals surface area contributed by atoms with Crippen LogP contribution in [0, 0.1) is 0 Å². The summed E-state index contributed by atoms with van der Waals surface area (Å²) in [7, 11) is 1.42. The third-order valence-corrected chi connectivity index (χ3v) is 3.18. The molecule has 0 saturated carbocycles. The molecular weight excluding hydrogens is 216 g/mol. The predicted octanol–water partition coefficient (Wildman–Crippen LogP) is 3.23. The summed E-state index contributed by atoms with van der Waals surface area (Å²) in [5.41, 5.74) is 0. The Morgan fingerprint density at radius 3 is 2.65 bits per heavy atom. The van der Waals surface area contributed by atoms with Gasteiger partial charge in [0.2, 0.25) is 0 Å². The quantitative estimate of drug-likeness (QED) is 0.255. The topological polar surface area (TPSA) is 38.8 Å². The molecule has 3 nitrogen and oxygen atoms in total. The van der Waals surface area contributed by atoms with Crippen molar-refractivity contribution in [1.29, 1.82) is 0 Å². The van der Waals surface area contributed by atoms with Crippen molar-refractivity contribution in [1.82, 2.24) is 0 Å². The summed E-state index contributed by atoms with van der Waals surface area (Å²) in [6.45, 7) is 3.71. The Bertz CT molecular complexity index is 238. The maximum absolute atomic E-state index is 11.0. The van der Waals surface area contributed by atoms with E-state index in [9.17, 15) is 4.79 Å². The number of esters is 1. The number of allylic oxidation sites excluding steroid dienone is 1. The summed E-state index contributed by atoms with van der Waals surface area (Å²) >= 11 is 0. The van der Waals surface area contributed by atoms with Crippen LogP contribution in [0.3, 0.4) is 0 Å². The van der Waals surface area contributed by atoms with Crippen LogP contribution >= 0.6 is 0 Å². The molecule has 0 aliphatic carbocycles. The molecule has 0 N–H and O–H groups in total. The molecule has 0 bridgehead atoms. The number of methoxy groups -OCH3 is 1. The van der Waals surface area contributed by atoms with Gasteiger partial charge in [-0.1, -0.05) is 31.8 Å². The molecule has 0 aromatic carbocycles. The van der Waals surface area contributed by atoms with Crippen LogP contribution in [0.1, 0.15) is 51.4 Å². The van der Waals surface area contributed by atoms with Gasteiger partial charge in [-0.15, -0.1) is 6.58 Å². The third kappa shape index (κ3) is 6.47. The number of hydrogen-bond acceptors (Lipinski definition) is 3. The van der Waals surface area contributed by atoms with E-state index in [-0.39, 0.29) is 12.1 Å². The van der Waals surface area contributed by atoms with Crippen LogP contribution in [-0.2, 0) is 14.3 Å². The van der Waals surface area contributed by atoms with Crippen molar-refractivity contribution in [3.8, 4) is 0 Å². The van der Waals surface area contributed by atoms with Crippen molar-refractivity contribution in [2.24, 2.45) is 0 Å². The first-order valence-corrected chi connectivity index (χ1v) is 6.61. The summed E-state index contributed by atoms with van der Waals surface area (Å²) in [6.07, 6.45) is 11.4. The second-order valence-corrected chi connectivity index (χ2v) is 4.63. The van der Waals surface area contributed by atoms with Gasteiger partial charge in [0.05, 0.1) is 25.7 Å². The van der Waals surface area contributed by atoms with Gasteiger partial charge in [-0.2, -0.15) is 0 Å². The van der Waals surface area contributed by atoms with Gasteiger partial charge >= 0.3 is 5.97 Å². The van der Waals surface area contributed by atoms with Gasteiger partial charge in [-0.3, -0.25) is 4.79 Å². The number of carbonyl (C=O) groups excluding carboxylic acids is 1. The molecule has 0 aromatic rings. The predicted molar refractivity (Wildman–Crippen MR) is 67.8 cm³/mol. The molecule has 1 rings (SSSR count). The molecule has 1 fully saturated rings. The van der Waals surface area contributed by atoms with Crippen molar-refractivity contribution in [3.63, 3.8) is 0 Å². The van der Waals surface area contributed by atoms with E-state index in [1.54, 1.807) is 0 Å². The van der Waals surface area contributed by atoms with E-state index in [0.29, 0.717) is 12.5 Å². The molecule has 1 aliphatic heterocycles. The van der Waals surface area contributed by atoms with E-state index in [1.807, 2.05) is 6.08 Å². The van der Waals surface area contributed by atoms with Crippen LogP contribution in [0.5, 0.6) is 0 Å². The zero-order valence-electron chi connectivity index (χ0n) is 10.8. The van der Waals surface area contributed by atoms with Gasteiger partial charge in [-0.05, 0) is 19.3 Å². The molecule has 1 heterocycles. The molecule has 1 aliphatic rings. The van der Waals surface area contributed by atoms with Crippen LogP contribution in [-0.4, -0.2) is 25.3 Å². The smallest absolute Gasteiger partial charge is 0.308 e. The Morgan fingerprint density at radius 1 is 1.24 bits per heavy atom. The highest BCUT2D eigenvalue weighted by Crippen LogP contribution is 2.30. The van der Waals surface area contributed by atoms with E-state index < -0.39 is 0 Å². The van der Waals surface area contributed by atoms with E-state index in [2.05, 4.69) is 11.3 Å². The number of hydrogen-bond donors (Lipinski definition) is 0. The van der Waals surface area contributed by atoms with E-state index in [0.717, 1.165) is 12.8 Å². The standard InChI is InChI=1S/C14H24O3/c1-3-4-5-6-7-8-9-10-12-13(17-12)11-14(15)16-2/h3,12-13H,1,4-11H2,2H3/t12-,13-/m0/s1. The number of epoxide rings is 1. The maximum atomic E-state index is 11.0. The van der Waals surface area contributed by atoms with Gasteiger partial charge in [-0.25, -0.2) is 0 Å². The minimum absolute atomic E-state index is 0.128. The average Bonchev–Trinajstić information content (AvgIpc) is 3.06. The molecular formula is C14H24O3. The van der Waals surface area contributed by atoms with Crippen LogP contribution in [0.2, 0.25) is 0 Å². The Kier molecular flexibility index (Phi) is 6.94. The molecule has 2 atom stereocenters. The number of unbranched alkanes of at least 4 members (excludes halogenated alkanes) is 5. The van der Waals surface area contributed by atoms with Crippen molar-refractivity contribution >= 4 is 5.97 Å². The van der Waals surface area contributed by atoms with E-state index in [4.69, 9.17) is 4.74 Å². The molecule has 1 saturated heterocycles. The van der Waals surface area contributed by atoms with Crippen LogP contribution < -0.4 is 0 Å². The largest absolute Gasteiger partial charge is 0.469 e. The highest BCUT2D eigenvalue weighted by molar-refractivity contribution is 5.70. The van der Waals surface area contributed by atoms with E-state index in [1.165, 1.54) is 39.2 Å². The van der Waals surface area contributed by atoms with Gasteiger partial charge in [0.1, 0.15) is 0 Å². The first-order valence-electron chi connectivity index (χ1n) is 6.61. The zero-order chi connectivity index (χ0) is 12.5. The Morgan fingerprint density at radius 2 is 1.94 bits per heavy atom. The molecule has 0 unspecified atom stereocenters. The maximum Gasteiger partial charge on any atom is 0.308 e. The molecule has 0 aromatic heterocycles. The SMILES string of the molecule is C=CCCCCCCC[C@@H]1O[C@H]1CC(=O)OC. The zero-order valence-corrected chi connectivity index (χ0v) is 10.8. The minimum atomic E-state index is -0.165. The fourth-order valence-corrected chi connectivity index (χ4v) is 2.02. The van der Waals surface area contributed by atoms with Crippen LogP contribution in [0.25, 0.3) is 0 Å². The lowest BCUT2D eigenvalue weighted by Gasteiger charge is -1.99. The van der Waals surface area contributed by atoms with Crippen molar-refractivity contribution in [3.05, 3.63) is 12.7 Å². The lowest BCUT2D eigenvalue weighted by molar-refractivity contribution is -0.140.